The summed E-state index contributed by atoms with van der Waals surface area (Å²) >= 11 is 0. The van der Waals surface area contributed by atoms with E-state index in [0.29, 0.717) is 16.9 Å². The number of carbonyl (C=O) groups is 1. The lowest BCUT2D eigenvalue weighted by Gasteiger charge is -2.06. The summed E-state index contributed by atoms with van der Waals surface area (Å²) in [6.07, 6.45) is 4.55. The van der Waals surface area contributed by atoms with Gasteiger partial charge in [0.1, 0.15) is 17.5 Å². The fraction of sp³-hybridized carbons (Fsp3) is 0.167. The van der Waals surface area contributed by atoms with Gasteiger partial charge in [0.05, 0.1) is 11.8 Å². The van der Waals surface area contributed by atoms with E-state index < -0.39 is 0 Å². The van der Waals surface area contributed by atoms with Crippen LogP contribution in [0, 0.1) is 18.3 Å². The Hall–Kier alpha value is -2.68. The molecule has 0 atom stereocenters. The molecule has 0 bridgehead atoms. The summed E-state index contributed by atoms with van der Waals surface area (Å²) in [7, 11) is 1.66. The Labute approximate surface area is 104 Å². The highest BCUT2D eigenvalue weighted by atomic mass is 16.1. The van der Waals surface area contributed by atoms with Gasteiger partial charge in [-0.3, -0.25) is 14.5 Å². The van der Waals surface area contributed by atoms with Gasteiger partial charge in [0.25, 0.3) is 5.91 Å². The van der Waals surface area contributed by atoms with Gasteiger partial charge in [0.2, 0.25) is 0 Å². The number of carbonyl (C=O) groups excluding carboxylic acids is 1. The number of aryl methyl sites for hydroxylation is 2. The summed E-state index contributed by atoms with van der Waals surface area (Å²) in [6, 6.07) is 3.70. The summed E-state index contributed by atoms with van der Waals surface area (Å²) in [4.78, 5) is 15.9. The normalized spacial score (nSPS) is 9.83. The highest BCUT2D eigenvalue weighted by Gasteiger charge is 2.13. The molecule has 0 aliphatic carbocycles. The zero-order valence-electron chi connectivity index (χ0n) is 10.0. The van der Waals surface area contributed by atoms with Crippen LogP contribution in [0.15, 0.2) is 24.7 Å². The van der Waals surface area contributed by atoms with E-state index in [1.165, 1.54) is 17.1 Å². The van der Waals surface area contributed by atoms with Crippen molar-refractivity contribution in [2.75, 3.05) is 5.32 Å². The molecule has 2 rings (SSSR count). The molecule has 0 unspecified atom stereocenters. The minimum absolute atomic E-state index is 0.314. The maximum Gasteiger partial charge on any atom is 0.258 e. The first-order valence-corrected chi connectivity index (χ1v) is 5.27. The number of amides is 1. The van der Waals surface area contributed by atoms with Gasteiger partial charge in [0.15, 0.2) is 0 Å². The number of pyridine rings is 1. The molecule has 18 heavy (non-hydrogen) atoms. The number of hydrogen-bond acceptors (Lipinski definition) is 4. The van der Waals surface area contributed by atoms with Crippen molar-refractivity contribution in [3.05, 3.63) is 41.3 Å². The second-order valence-electron chi connectivity index (χ2n) is 3.85. The molecule has 6 nitrogen and oxygen atoms in total. The predicted octanol–water partition coefficient (Wildman–Crippen LogP) is 1.25. The lowest BCUT2D eigenvalue weighted by atomic mass is 10.2. The molecule has 0 fully saturated rings. The van der Waals surface area contributed by atoms with Crippen LogP contribution in [0.4, 0.5) is 5.82 Å². The summed E-state index contributed by atoms with van der Waals surface area (Å²) in [5.41, 5.74) is 1.67. The van der Waals surface area contributed by atoms with E-state index in [-0.39, 0.29) is 5.91 Å². The maximum absolute atomic E-state index is 12.0. The molecule has 2 aromatic rings. The molecule has 90 valence electrons. The van der Waals surface area contributed by atoms with Gasteiger partial charge in [0, 0.05) is 19.4 Å². The number of nitriles is 1. The fourth-order valence-corrected chi connectivity index (χ4v) is 1.53. The molecular weight excluding hydrogens is 230 g/mol. The van der Waals surface area contributed by atoms with E-state index in [0.717, 1.165) is 5.56 Å². The van der Waals surface area contributed by atoms with Crippen LogP contribution in [0.25, 0.3) is 0 Å². The van der Waals surface area contributed by atoms with Crippen LogP contribution < -0.4 is 5.32 Å². The molecule has 1 N–H and O–H groups in total. The predicted molar refractivity (Wildman–Crippen MR) is 64.9 cm³/mol. The van der Waals surface area contributed by atoms with Gasteiger partial charge in [-0.05, 0) is 18.6 Å². The van der Waals surface area contributed by atoms with Gasteiger partial charge >= 0.3 is 0 Å². The Kier molecular flexibility index (Phi) is 3.06. The first kappa shape index (κ1) is 11.8. The first-order chi connectivity index (χ1) is 8.61. The van der Waals surface area contributed by atoms with Crippen molar-refractivity contribution in [2.45, 2.75) is 6.92 Å². The second kappa shape index (κ2) is 4.67. The van der Waals surface area contributed by atoms with Gasteiger partial charge in [-0.2, -0.15) is 10.4 Å². The summed E-state index contributed by atoms with van der Waals surface area (Å²) in [6.45, 7) is 1.86. The quantitative estimate of drug-likeness (QED) is 0.857. The highest BCUT2D eigenvalue weighted by molar-refractivity contribution is 6.04. The average molecular weight is 241 g/mol. The third kappa shape index (κ3) is 2.20. The molecule has 0 aliphatic rings. The molecule has 2 heterocycles. The lowest BCUT2D eigenvalue weighted by molar-refractivity contribution is 0.102. The smallest absolute Gasteiger partial charge is 0.258 e. The maximum atomic E-state index is 12.0. The van der Waals surface area contributed by atoms with Crippen molar-refractivity contribution in [1.82, 2.24) is 14.8 Å². The van der Waals surface area contributed by atoms with Crippen LogP contribution >= 0.6 is 0 Å². The van der Waals surface area contributed by atoms with Crippen molar-refractivity contribution >= 4 is 11.7 Å². The molecule has 0 saturated carbocycles. The number of hydrogen-bond donors (Lipinski definition) is 1. The number of nitrogens with one attached hydrogen (secondary N) is 1. The summed E-state index contributed by atoms with van der Waals surface area (Å²) < 4.78 is 1.44. The zero-order valence-corrected chi connectivity index (χ0v) is 10.0. The van der Waals surface area contributed by atoms with Crippen molar-refractivity contribution in [3.63, 3.8) is 0 Å². The van der Waals surface area contributed by atoms with Gasteiger partial charge in [-0.1, -0.05) is 0 Å². The van der Waals surface area contributed by atoms with E-state index in [1.807, 2.05) is 13.0 Å². The van der Waals surface area contributed by atoms with Crippen LogP contribution in [0.5, 0.6) is 0 Å². The Morgan fingerprint density at radius 1 is 1.44 bits per heavy atom. The van der Waals surface area contributed by atoms with Crippen molar-refractivity contribution in [2.24, 2.45) is 7.05 Å². The van der Waals surface area contributed by atoms with Crippen molar-refractivity contribution in [1.29, 1.82) is 5.26 Å². The summed E-state index contributed by atoms with van der Waals surface area (Å²) in [5, 5.41) is 15.5. The minimum Gasteiger partial charge on any atom is -0.306 e. The standard InChI is InChI=1S/C12H11N5O/c1-8-3-9(6-14-5-8)12(18)16-11-10(4-13)7-15-17(11)2/h3,5-7H,1-2H3,(H,16,18). The van der Waals surface area contributed by atoms with E-state index in [2.05, 4.69) is 15.4 Å². The van der Waals surface area contributed by atoms with Crippen LogP contribution in [-0.2, 0) is 7.05 Å². The monoisotopic (exact) mass is 241 g/mol. The van der Waals surface area contributed by atoms with Crippen LogP contribution in [0.2, 0.25) is 0 Å². The molecule has 0 saturated heterocycles. The van der Waals surface area contributed by atoms with Gasteiger partial charge < -0.3 is 5.32 Å². The van der Waals surface area contributed by atoms with Gasteiger partial charge in [-0.15, -0.1) is 0 Å². The van der Waals surface area contributed by atoms with Crippen LogP contribution in [-0.4, -0.2) is 20.7 Å². The van der Waals surface area contributed by atoms with E-state index in [9.17, 15) is 4.79 Å². The topological polar surface area (TPSA) is 83.6 Å². The van der Waals surface area contributed by atoms with Crippen LogP contribution in [0.1, 0.15) is 21.5 Å². The second-order valence-corrected chi connectivity index (χ2v) is 3.85. The fourth-order valence-electron chi connectivity index (χ4n) is 1.53. The van der Waals surface area contributed by atoms with Crippen LogP contribution in [0.3, 0.4) is 0 Å². The zero-order chi connectivity index (χ0) is 13.1. The Balaban J connectivity index is 2.27. The molecule has 0 aliphatic heterocycles. The number of rotatable bonds is 2. The van der Waals surface area contributed by atoms with Crippen molar-refractivity contribution < 1.29 is 4.79 Å². The molecule has 0 aromatic carbocycles. The van der Waals surface area contributed by atoms with Gasteiger partial charge in [-0.25, -0.2) is 0 Å². The SMILES string of the molecule is Cc1cncc(C(=O)Nc2c(C#N)cnn2C)c1. The number of nitrogens with zero attached hydrogens (tertiary/aromatic N) is 4. The minimum atomic E-state index is -0.314. The van der Waals surface area contributed by atoms with Crippen molar-refractivity contribution in [3.8, 4) is 6.07 Å². The Morgan fingerprint density at radius 3 is 2.89 bits per heavy atom. The molecule has 0 spiro atoms. The Bertz CT molecular complexity index is 638. The summed E-state index contributed by atoms with van der Waals surface area (Å²) in [5.74, 6) is 0.0651. The lowest BCUT2D eigenvalue weighted by Crippen LogP contribution is -2.15. The molecule has 6 heteroatoms. The van der Waals surface area contributed by atoms with E-state index in [1.54, 1.807) is 19.3 Å². The van der Waals surface area contributed by atoms with E-state index >= 15 is 0 Å². The van der Waals surface area contributed by atoms with E-state index in [4.69, 9.17) is 5.26 Å². The molecule has 0 radical (unpaired) electrons. The third-order valence-corrected chi connectivity index (χ3v) is 2.43. The highest BCUT2D eigenvalue weighted by Crippen LogP contribution is 2.14. The number of anilines is 1. The Morgan fingerprint density at radius 2 is 2.22 bits per heavy atom. The number of aromatic nitrogens is 3. The average Bonchev–Trinajstić information content (AvgIpc) is 2.70. The largest absolute Gasteiger partial charge is 0.306 e. The molecule has 2 aromatic heterocycles. The molecule has 1 amide bonds. The first-order valence-electron chi connectivity index (χ1n) is 5.27. The molecular formula is C12H11N5O. The third-order valence-electron chi connectivity index (χ3n) is 2.43.